The van der Waals surface area contributed by atoms with Gasteiger partial charge in [-0.05, 0) is 80.9 Å². The molecule has 6 nitrogen and oxygen atoms in total. The monoisotopic (exact) mass is 472 g/mol. The molecular formula is C24H32N4O2S2. The van der Waals surface area contributed by atoms with Crippen LogP contribution in [0.5, 0.6) is 5.75 Å². The molecule has 32 heavy (non-hydrogen) atoms. The Kier molecular flexibility index (Phi) is 6.34. The number of nitrogens with one attached hydrogen (secondary N) is 1. The van der Waals surface area contributed by atoms with Crippen molar-refractivity contribution in [2.45, 2.75) is 61.9 Å². The van der Waals surface area contributed by atoms with Gasteiger partial charge in [0.2, 0.25) is 11.0 Å². The van der Waals surface area contributed by atoms with Crippen molar-refractivity contribution in [3.63, 3.8) is 0 Å². The van der Waals surface area contributed by atoms with Crippen LogP contribution in [-0.2, 0) is 11.3 Å². The second kappa shape index (κ2) is 9.21. The number of nitrogens with zero attached hydrogens (tertiary/aromatic N) is 3. The van der Waals surface area contributed by atoms with Crippen LogP contribution in [0.15, 0.2) is 28.6 Å². The van der Waals surface area contributed by atoms with Crippen LogP contribution >= 0.6 is 23.1 Å². The van der Waals surface area contributed by atoms with Gasteiger partial charge in [-0.15, -0.1) is 10.2 Å². The molecule has 0 radical (unpaired) electrons. The number of hydrogen-bond donors (Lipinski definition) is 1. The van der Waals surface area contributed by atoms with Crippen LogP contribution in [-0.4, -0.2) is 46.0 Å². The molecule has 1 N–H and O–H groups in total. The molecule has 1 heterocycles. The third-order valence-electron chi connectivity index (χ3n) is 7.41. The Morgan fingerprint density at radius 1 is 1.22 bits per heavy atom. The third-order valence-corrected chi connectivity index (χ3v) is 9.41. The molecule has 4 aliphatic carbocycles. The van der Waals surface area contributed by atoms with E-state index in [9.17, 15) is 4.79 Å². The van der Waals surface area contributed by atoms with E-state index in [1.165, 1.54) is 61.6 Å². The predicted octanol–water partition coefficient (Wildman–Crippen LogP) is 5.07. The Bertz CT molecular complexity index is 928. The van der Waals surface area contributed by atoms with Crippen molar-refractivity contribution in [3.8, 4) is 5.75 Å². The molecular weight excluding hydrogens is 440 g/mol. The van der Waals surface area contributed by atoms with Crippen molar-refractivity contribution in [2.75, 3.05) is 24.7 Å². The Morgan fingerprint density at radius 2 is 1.94 bits per heavy atom. The molecule has 1 aromatic carbocycles. The lowest BCUT2D eigenvalue weighted by molar-refractivity contribution is -0.149. The number of rotatable bonds is 9. The summed E-state index contributed by atoms with van der Waals surface area (Å²) in [5.74, 6) is 3.85. The second-order valence-electron chi connectivity index (χ2n) is 9.67. The van der Waals surface area contributed by atoms with Gasteiger partial charge in [0.15, 0.2) is 4.34 Å². The first kappa shape index (κ1) is 22.0. The van der Waals surface area contributed by atoms with Crippen molar-refractivity contribution in [3.05, 3.63) is 29.8 Å². The van der Waals surface area contributed by atoms with E-state index < -0.39 is 0 Å². The van der Waals surface area contributed by atoms with E-state index in [1.807, 2.05) is 19.1 Å². The molecule has 1 aromatic heterocycles. The Balaban J connectivity index is 1.37. The fourth-order valence-corrected chi connectivity index (χ4v) is 8.26. The first-order chi connectivity index (χ1) is 15.6. The van der Waals surface area contributed by atoms with Gasteiger partial charge in [-0.2, -0.15) is 0 Å². The van der Waals surface area contributed by atoms with Crippen LogP contribution in [0.4, 0.5) is 5.13 Å². The van der Waals surface area contributed by atoms with Crippen LogP contribution in [0.1, 0.15) is 51.0 Å². The maximum absolute atomic E-state index is 13.7. The smallest absolute Gasteiger partial charge is 0.233 e. The lowest BCUT2D eigenvalue weighted by atomic mass is 9.52. The minimum atomic E-state index is 0.0194. The molecule has 4 fully saturated rings. The Labute approximate surface area is 198 Å². The predicted molar refractivity (Wildman–Crippen MR) is 129 cm³/mol. The second-order valence-corrected chi connectivity index (χ2v) is 11.9. The number of methoxy groups -OCH3 is 1. The minimum Gasteiger partial charge on any atom is -0.497 e. The molecule has 1 amide bonds. The SMILES string of the molecule is CCNc1nnc(SCC(=O)N(Cc2cccc(OC)c2)C23CC4CC(CC(C4)C2)C3)s1. The van der Waals surface area contributed by atoms with Gasteiger partial charge in [0.05, 0.1) is 12.9 Å². The number of amides is 1. The highest BCUT2D eigenvalue weighted by atomic mass is 32.2. The van der Waals surface area contributed by atoms with Gasteiger partial charge < -0.3 is 15.0 Å². The molecule has 4 bridgehead atoms. The topological polar surface area (TPSA) is 67.4 Å². The van der Waals surface area contributed by atoms with E-state index in [0.717, 1.165) is 45.1 Å². The summed E-state index contributed by atoms with van der Waals surface area (Å²) in [4.78, 5) is 16.0. The van der Waals surface area contributed by atoms with Crippen LogP contribution < -0.4 is 10.1 Å². The molecule has 8 heteroatoms. The zero-order valence-electron chi connectivity index (χ0n) is 18.9. The third kappa shape index (κ3) is 4.49. The standard InChI is InChI=1S/C24H32N4O2S2/c1-3-25-22-26-27-23(32-22)31-15-21(29)28(14-16-5-4-6-20(10-16)30-2)24-11-17-7-18(12-24)9-19(8-17)13-24/h4-6,10,17-19H,3,7-9,11-15H2,1-2H3,(H,25,26). The summed E-state index contributed by atoms with van der Waals surface area (Å²) in [6.45, 7) is 3.51. The molecule has 0 atom stereocenters. The fraction of sp³-hybridized carbons (Fsp3) is 0.625. The maximum Gasteiger partial charge on any atom is 0.233 e. The first-order valence-corrected chi connectivity index (χ1v) is 13.5. The highest BCUT2D eigenvalue weighted by molar-refractivity contribution is 8.01. The molecule has 0 spiro atoms. The number of thioether (sulfide) groups is 1. The van der Waals surface area contributed by atoms with Crippen molar-refractivity contribution < 1.29 is 9.53 Å². The lowest BCUT2D eigenvalue weighted by Gasteiger charge is -2.60. The maximum atomic E-state index is 13.7. The lowest BCUT2D eigenvalue weighted by Crippen LogP contribution is -2.61. The van der Waals surface area contributed by atoms with Crippen LogP contribution in [0.3, 0.4) is 0 Å². The van der Waals surface area contributed by atoms with Gasteiger partial charge in [0.1, 0.15) is 5.75 Å². The van der Waals surface area contributed by atoms with E-state index >= 15 is 0 Å². The van der Waals surface area contributed by atoms with Crippen LogP contribution in [0.2, 0.25) is 0 Å². The van der Waals surface area contributed by atoms with Crippen molar-refractivity contribution >= 4 is 34.1 Å². The summed E-state index contributed by atoms with van der Waals surface area (Å²) in [6.07, 6.45) is 7.61. The average molecular weight is 473 g/mol. The van der Waals surface area contributed by atoms with E-state index in [2.05, 4.69) is 32.5 Å². The number of carbonyl (C=O) groups is 1. The zero-order chi connectivity index (χ0) is 22.1. The molecule has 4 aliphatic rings. The quantitative estimate of drug-likeness (QED) is 0.514. The van der Waals surface area contributed by atoms with E-state index in [0.29, 0.717) is 12.3 Å². The van der Waals surface area contributed by atoms with Gasteiger partial charge >= 0.3 is 0 Å². The van der Waals surface area contributed by atoms with Crippen molar-refractivity contribution in [1.29, 1.82) is 0 Å². The fourth-order valence-electron chi connectivity index (χ4n) is 6.56. The Morgan fingerprint density at radius 3 is 2.59 bits per heavy atom. The van der Waals surface area contributed by atoms with E-state index in [4.69, 9.17) is 4.74 Å². The summed E-state index contributed by atoms with van der Waals surface area (Å²) in [5, 5.41) is 12.4. The minimum absolute atomic E-state index is 0.0194. The highest BCUT2D eigenvalue weighted by Gasteiger charge is 2.54. The molecule has 6 rings (SSSR count). The summed E-state index contributed by atoms with van der Waals surface area (Å²) < 4.78 is 6.29. The van der Waals surface area contributed by atoms with Gasteiger partial charge in [-0.3, -0.25) is 4.79 Å². The summed E-state index contributed by atoms with van der Waals surface area (Å²) >= 11 is 3.04. The molecule has 2 aromatic rings. The Hall–Kier alpha value is -1.80. The number of hydrogen-bond acceptors (Lipinski definition) is 7. The van der Waals surface area contributed by atoms with Gasteiger partial charge in [-0.25, -0.2) is 0 Å². The number of ether oxygens (including phenoxy) is 1. The van der Waals surface area contributed by atoms with Gasteiger partial charge in [0, 0.05) is 18.6 Å². The van der Waals surface area contributed by atoms with Crippen LogP contribution in [0, 0.1) is 17.8 Å². The highest BCUT2D eigenvalue weighted by Crippen LogP contribution is 2.58. The normalized spacial score (nSPS) is 28.0. The molecule has 0 aliphatic heterocycles. The summed E-state index contributed by atoms with van der Waals surface area (Å²) in [6, 6.07) is 8.17. The largest absolute Gasteiger partial charge is 0.497 e. The summed E-state index contributed by atoms with van der Waals surface area (Å²) in [5.41, 5.74) is 1.16. The van der Waals surface area contributed by atoms with Crippen LogP contribution in [0.25, 0.3) is 0 Å². The number of aromatic nitrogens is 2. The summed E-state index contributed by atoms with van der Waals surface area (Å²) in [7, 11) is 1.70. The van der Waals surface area contributed by atoms with Crippen molar-refractivity contribution in [1.82, 2.24) is 15.1 Å². The molecule has 4 saturated carbocycles. The van der Waals surface area contributed by atoms with Gasteiger partial charge in [-0.1, -0.05) is 35.2 Å². The zero-order valence-corrected chi connectivity index (χ0v) is 20.5. The molecule has 0 saturated heterocycles. The molecule has 0 unspecified atom stereocenters. The number of carbonyl (C=O) groups excluding carboxylic acids is 1. The van der Waals surface area contributed by atoms with E-state index in [1.54, 1.807) is 7.11 Å². The number of anilines is 1. The average Bonchev–Trinajstić information content (AvgIpc) is 3.23. The first-order valence-electron chi connectivity index (χ1n) is 11.7. The number of benzene rings is 1. The van der Waals surface area contributed by atoms with Crippen molar-refractivity contribution in [2.24, 2.45) is 17.8 Å². The van der Waals surface area contributed by atoms with Gasteiger partial charge in [0.25, 0.3) is 0 Å². The molecule has 172 valence electrons. The van der Waals surface area contributed by atoms with E-state index in [-0.39, 0.29) is 11.4 Å².